The lowest BCUT2D eigenvalue weighted by Gasteiger charge is -2.27. The minimum atomic E-state index is 0.168. The van der Waals surface area contributed by atoms with E-state index in [1.54, 1.807) is 6.92 Å². The molecule has 0 aromatic rings. The van der Waals surface area contributed by atoms with Gasteiger partial charge in [0.25, 0.3) is 0 Å². The Morgan fingerprint density at radius 1 is 1.44 bits per heavy atom. The molecule has 0 heterocycles. The first kappa shape index (κ1) is 13.0. The molecule has 1 N–H and O–H groups in total. The zero-order valence-electron chi connectivity index (χ0n) is 10.5. The maximum Gasteiger partial charge on any atom is 0.156 e. The summed E-state index contributed by atoms with van der Waals surface area (Å²) >= 11 is 0. The van der Waals surface area contributed by atoms with Crippen molar-refractivity contribution in [3.05, 3.63) is 23.0 Å². The van der Waals surface area contributed by atoms with E-state index in [2.05, 4.69) is 13.8 Å². The van der Waals surface area contributed by atoms with E-state index in [9.17, 15) is 9.90 Å². The number of carbonyl (C=O) groups excluding carboxylic acids is 1. The predicted molar refractivity (Wildman–Crippen MR) is 66.3 cm³/mol. The monoisotopic (exact) mass is 222 g/mol. The number of Topliss-reactive ketones (excluding diaryl/α,β-unsaturated/α-hetero) is 1. The highest BCUT2D eigenvalue weighted by Gasteiger charge is 2.25. The maximum atomic E-state index is 11.6. The van der Waals surface area contributed by atoms with Gasteiger partial charge in [0.2, 0.25) is 0 Å². The molecule has 1 rings (SSSR count). The van der Waals surface area contributed by atoms with Gasteiger partial charge in [-0.05, 0) is 48.8 Å². The lowest BCUT2D eigenvalue weighted by atomic mass is 9.77. The minimum absolute atomic E-state index is 0.168. The first-order chi connectivity index (χ1) is 7.63. The third-order valence-electron chi connectivity index (χ3n) is 3.41. The Morgan fingerprint density at radius 3 is 2.56 bits per heavy atom. The lowest BCUT2D eigenvalue weighted by Crippen LogP contribution is -2.16. The molecule has 0 aromatic heterocycles. The van der Waals surface area contributed by atoms with Gasteiger partial charge < -0.3 is 5.11 Å². The van der Waals surface area contributed by atoms with E-state index in [4.69, 9.17) is 0 Å². The molecule has 0 saturated carbocycles. The van der Waals surface area contributed by atoms with E-state index >= 15 is 0 Å². The van der Waals surface area contributed by atoms with Gasteiger partial charge in [0.15, 0.2) is 5.78 Å². The number of rotatable bonds is 4. The highest BCUT2D eigenvalue weighted by Crippen LogP contribution is 2.37. The van der Waals surface area contributed by atoms with E-state index in [1.807, 2.05) is 0 Å². The molecular weight excluding hydrogens is 200 g/mol. The molecule has 0 saturated heterocycles. The van der Waals surface area contributed by atoms with Gasteiger partial charge in [0, 0.05) is 0 Å². The summed E-state index contributed by atoms with van der Waals surface area (Å²) in [6.07, 6.45) is 5.99. The Morgan fingerprint density at radius 2 is 2.12 bits per heavy atom. The molecule has 90 valence electrons. The molecule has 2 nitrogen and oxygen atoms in total. The van der Waals surface area contributed by atoms with Crippen LogP contribution in [0.2, 0.25) is 0 Å². The third-order valence-corrected chi connectivity index (χ3v) is 3.41. The molecular formula is C14H22O2. The van der Waals surface area contributed by atoms with Crippen molar-refractivity contribution < 1.29 is 9.90 Å². The quantitative estimate of drug-likeness (QED) is 0.732. The standard InChI is InChI=1S/C14H22O2/c1-4-6-13-12(9-15)7-11(5-2)8-14(13)10(3)16/h9,11,15H,4-8H2,1-3H3/b12-9+. The van der Waals surface area contributed by atoms with Gasteiger partial charge in [-0.1, -0.05) is 26.7 Å². The van der Waals surface area contributed by atoms with Crippen LogP contribution in [0.4, 0.5) is 0 Å². The molecule has 0 radical (unpaired) electrons. The normalized spacial score (nSPS) is 23.9. The summed E-state index contributed by atoms with van der Waals surface area (Å²) in [4.78, 5) is 11.6. The zero-order valence-corrected chi connectivity index (χ0v) is 10.5. The zero-order chi connectivity index (χ0) is 12.1. The number of carbonyl (C=O) groups is 1. The van der Waals surface area contributed by atoms with Crippen LogP contribution in [0.1, 0.15) is 52.9 Å². The molecule has 0 aromatic carbocycles. The van der Waals surface area contributed by atoms with Crippen molar-refractivity contribution in [1.82, 2.24) is 0 Å². The van der Waals surface area contributed by atoms with E-state index in [0.717, 1.165) is 48.8 Å². The molecule has 0 aliphatic heterocycles. The summed E-state index contributed by atoms with van der Waals surface area (Å²) < 4.78 is 0. The first-order valence-electron chi connectivity index (χ1n) is 6.20. The average molecular weight is 222 g/mol. The number of allylic oxidation sites excluding steroid dienone is 3. The fraction of sp³-hybridized carbons (Fsp3) is 0.643. The fourth-order valence-electron chi connectivity index (χ4n) is 2.45. The van der Waals surface area contributed by atoms with Crippen molar-refractivity contribution in [3.8, 4) is 0 Å². The summed E-state index contributed by atoms with van der Waals surface area (Å²) in [5, 5.41) is 9.29. The van der Waals surface area contributed by atoms with Gasteiger partial charge in [-0.25, -0.2) is 0 Å². The van der Waals surface area contributed by atoms with E-state index in [-0.39, 0.29) is 5.78 Å². The Labute approximate surface area is 98.1 Å². The van der Waals surface area contributed by atoms with Gasteiger partial charge >= 0.3 is 0 Å². The minimum Gasteiger partial charge on any atom is -0.515 e. The second-order valence-electron chi connectivity index (χ2n) is 4.60. The largest absolute Gasteiger partial charge is 0.515 e. The maximum absolute atomic E-state index is 11.6. The molecule has 1 aliphatic carbocycles. The number of aliphatic hydroxyl groups is 1. The van der Waals surface area contributed by atoms with Crippen molar-refractivity contribution >= 4 is 5.78 Å². The summed E-state index contributed by atoms with van der Waals surface area (Å²) in [7, 11) is 0. The van der Waals surface area contributed by atoms with Gasteiger partial charge in [0.05, 0.1) is 6.26 Å². The van der Waals surface area contributed by atoms with Crippen LogP contribution < -0.4 is 0 Å². The Hall–Kier alpha value is -1.05. The molecule has 2 heteroatoms. The molecule has 1 atom stereocenters. The van der Waals surface area contributed by atoms with Crippen LogP contribution >= 0.6 is 0 Å². The molecule has 1 aliphatic rings. The van der Waals surface area contributed by atoms with Crippen LogP contribution in [0, 0.1) is 5.92 Å². The Balaban J connectivity index is 3.10. The van der Waals surface area contributed by atoms with Gasteiger partial charge in [-0.15, -0.1) is 0 Å². The van der Waals surface area contributed by atoms with E-state index in [1.165, 1.54) is 6.26 Å². The lowest BCUT2D eigenvalue weighted by molar-refractivity contribution is -0.114. The Kier molecular flexibility index (Phi) is 4.78. The number of hydrogen-bond acceptors (Lipinski definition) is 2. The van der Waals surface area contributed by atoms with Gasteiger partial charge in [-0.2, -0.15) is 0 Å². The van der Waals surface area contributed by atoms with E-state index < -0.39 is 0 Å². The number of ketones is 1. The van der Waals surface area contributed by atoms with Crippen LogP contribution in [0.15, 0.2) is 23.0 Å². The van der Waals surface area contributed by atoms with Crippen LogP contribution in [0.25, 0.3) is 0 Å². The molecule has 1 unspecified atom stereocenters. The molecule has 0 spiro atoms. The fourth-order valence-corrected chi connectivity index (χ4v) is 2.45. The Bertz CT molecular complexity index is 324. The van der Waals surface area contributed by atoms with Crippen LogP contribution in [-0.4, -0.2) is 10.9 Å². The van der Waals surface area contributed by atoms with Gasteiger partial charge in [-0.3, -0.25) is 4.79 Å². The van der Waals surface area contributed by atoms with Crippen molar-refractivity contribution in [1.29, 1.82) is 0 Å². The van der Waals surface area contributed by atoms with Crippen molar-refractivity contribution in [2.75, 3.05) is 0 Å². The summed E-state index contributed by atoms with van der Waals surface area (Å²) in [6.45, 7) is 5.88. The summed E-state index contributed by atoms with van der Waals surface area (Å²) in [5.41, 5.74) is 3.02. The molecule has 0 bridgehead atoms. The second kappa shape index (κ2) is 5.88. The highest BCUT2D eigenvalue weighted by molar-refractivity contribution is 5.95. The third kappa shape index (κ3) is 2.75. The SMILES string of the molecule is CCCC1=C(C(C)=O)CC(CC)C/C1=C\O. The van der Waals surface area contributed by atoms with Crippen molar-refractivity contribution in [3.63, 3.8) is 0 Å². The van der Waals surface area contributed by atoms with Crippen molar-refractivity contribution in [2.45, 2.75) is 52.9 Å². The van der Waals surface area contributed by atoms with Gasteiger partial charge in [0.1, 0.15) is 0 Å². The second-order valence-corrected chi connectivity index (χ2v) is 4.60. The summed E-state index contributed by atoms with van der Waals surface area (Å²) in [5.74, 6) is 0.679. The predicted octanol–water partition coefficient (Wildman–Crippen LogP) is 3.93. The number of hydrogen-bond donors (Lipinski definition) is 1. The number of aliphatic hydroxyl groups excluding tert-OH is 1. The molecule has 0 fully saturated rings. The topological polar surface area (TPSA) is 37.3 Å². The van der Waals surface area contributed by atoms with Crippen molar-refractivity contribution in [2.24, 2.45) is 5.92 Å². The smallest absolute Gasteiger partial charge is 0.156 e. The summed E-state index contributed by atoms with van der Waals surface area (Å²) in [6, 6.07) is 0. The molecule has 16 heavy (non-hydrogen) atoms. The van der Waals surface area contributed by atoms with Crippen LogP contribution in [0.3, 0.4) is 0 Å². The average Bonchev–Trinajstić information content (AvgIpc) is 2.29. The molecule has 0 amide bonds. The first-order valence-corrected chi connectivity index (χ1v) is 6.20. The highest BCUT2D eigenvalue weighted by atomic mass is 16.2. The van der Waals surface area contributed by atoms with Crippen LogP contribution in [0.5, 0.6) is 0 Å². The van der Waals surface area contributed by atoms with Crippen LogP contribution in [-0.2, 0) is 4.79 Å². The van der Waals surface area contributed by atoms with E-state index in [0.29, 0.717) is 5.92 Å².